The summed E-state index contributed by atoms with van der Waals surface area (Å²) in [5.41, 5.74) is 0.598. The monoisotopic (exact) mass is 322 g/mol. The quantitative estimate of drug-likeness (QED) is 0.823. The summed E-state index contributed by atoms with van der Waals surface area (Å²) in [5, 5.41) is 5.31. The van der Waals surface area contributed by atoms with Crippen molar-refractivity contribution in [3.8, 4) is 0 Å². The topological polar surface area (TPSA) is 41.1 Å². The fourth-order valence-electron chi connectivity index (χ4n) is 2.15. The molecule has 2 aromatic rings. The van der Waals surface area contributed by atoms with Gasteiger partial charge >= 0.3 is 0 Å². The molecule has 0 saturated heterocycles. The van der Waals surface area contributed by atoms with Crippen LogP contribution < -0.4 is 10.6 Å². The van der Waals surface area contributed by atoms with Gasteiger partial charge < -0.3 is 5.32 Å². The number of benzene rings is 2. The summed E-state index contributed by atoms with van der Waals surface area (Å²) < 4.78 is 39.6. The van der Waals surface area contributed by atoms with Gasteiger partial charge in [0.25, 0.3) is 0 Å². The van der Waals surface area contributed by atoms with Crippen LogP contribution in [0.3, 0.4) is 0 Å². The van der Waals surface area contributed by atoms with E-state index >= 15 is 0 Å². The third kappa shape index (κ3) is 4.10. The molecule has 0 bridgehead atoms. The van der Waals surface area contributed by atoms with E-state index in [-0.39, 0.29) is 6.04 Å². The number of carbonyl (C=O) groups excluding carboxylic acids is 1. The molecule has 1 amide bonds. The van der Waals surface area contributed by atoms with Crippen molar-refractivity contribution in [3.63, 3.8) is 0 Å². The first-order valence-corrected chi connectivity index (χ1v) is 7.15. The number of rotatable bonds is 5. The van der Waals surface area contributed by atoms with Gasteiger partial charge in [0.15, 0.2) is 17.5 Å². The van der Waals surface area contributed by atoms with Crippen molar-refractivity contribution in [3.05, 3.63) is 65.5 Å². The molecule has 2 aromatic carbocycles. The van der Waals surface area contributed by atoms with Crippen molar-refractivity contribution < 1.29 is 18.0 Å². The van der Waals surface area contributed by atoms with Gasteiger partial charge in [0.05, 0.1) is 11.7 Å². The summed E-state index contributed by atoms with van der Waals surface area (Å²) in [6.45, 7) is 3.49. The molecule has 0 fully saturated rings. The predicted octanol–water partition coefficient (Wildman–Crippen LogP) is 3.78. The molecule has 0 aliphatic rings. The second kappa shape index (κ2) is 7.28. The second-order valence-corrected chi connectivity index (χ2v) is 5.23. The smallest absolute Gasteiger partial charge is 0.241 e. The molecule has 0 saturated carbocycles. The second-order valence-electron chi connectivity index (χ2n) is 5.23. The maximum absolute atomic E-state index is 13.6. The number of amides is 1. The zero-order valence-corrected chi connectivity index (χ0v) is 12.7. The lowest BCUT2D eigenvalue weighted by atomic mass is 10.1. The molecule has 2 atom stereocenters. The van der Waals surface area contributed by atoms with Crippen LogP contribution in [0, 0.1) is 17.5 Å². The van der Waals surface area contributed by atoms with Crippen LogP contribution in [0.5, 0.6) is 0 Å². The van der Waals surface area contributed by atoms with Crippen molar-refractivity contribution in [2.45, 2.75) is 25.9 Å². The van der Waals surface area contributed by atoms with Crippen LogP contribution in [0.15, 0.2) is 42.5 Å². The van der Waals surface area contributed by atoms with Gasteiger partial charge in [-0.25, -0.2) is 13.2 Å². The number of halogens is 3. The third-order valence-corrected chi connectivity index (χ3v) is 3.49. The van der Waals surface area contributed by atoms with Gasteiger partial charge in [0.2, 0.25) is 5.91 Å². The first-order valence-electron chi connectivity index (χ1n) is 7.15. The normalized spacial score (nSPS) is 13.4. The van der Waals surface area contributed by atoms with Crippen molar-refractivity contribution >= 4 is 11.6 Å². The Kier molecular flexibility index (Phi) is 5.39. The maximum Gasteiger partial charge on any atom is 0.241 e. The summed E-state index contributed by atoms with van der Waals surface area (Å²) in [6.07, 6.45) is 0. The predicted molar refractivity (Wildman–Crippen MR) is 82.4 cm³/mol. The van der Waals surface area contributed by atoms with E-state index in [0.29, 0.717) is 0 Å². The molecule has 3 nitrogen and oxygen atoms in total. The summed E-state index contributed by atoms with van der Waals surface area (Å²) in [7, 11) is 0. The summed E-state index contributed by atoms with van der Waals surface area (Å²) in [6, 6.07) is 10.5. The van der Waals surface area contributed by atoms with Crippen molar-refractivity contribution in [1.29, 1.82) is 0 Å². The van der Waals surface area contributed by atoms with Crippen LogP contribution in [-0.4, -0.2) is 11.9 Å². The molecular formula is C17H17F3N2O. The van der Waals surface area contributed by atoms with Crippen molar-refractivity contribution in [2.24, 2.45) is 0 Å². The van der Waals surface area contributed by atoms with Gasteiger partial charge in [-0.3, -0.25) is 10.1 Å². The third-order valence-electron chi connectivity index (χ3n) is 3.49. The number of hydrogen-bond acceptors (Lipinski definition) is 2. The molecule has 0 radical (unpaired) electrons. The van der Waals surface area contributed by atoms with Crippen LogP contribution in [0.25, 0.3) is 0 Å². The number of anilines is 1. The Morgan fingerprint density at radius 1 is 0.957 bits per heavy atom. The summed E-state index contributed by atoms with van der Waals surface area (Å²) in [4.78, 5) is 12.1. The Labute approximate surface area is 132 Å². The molecule has 0 spiro atoms. The molecular weight excluding hydrogens is 305 g/mol. The van der Waals surface area contributed by atoms with Crippen LogP contribution in [0.4, 0.5) is 18.9 Å². The molecule has 2 rings (SSSR count). The van der Waals surface area contributed by atoms with E-state index in [1.54, 1.807) is 6.92 Å². The lowest BCUT2D eigenvalue weighted by Crippen LogP contribution is -2.39. The van der Waals surface area contributed by atoms with Crippen molar-refractivity contribution in [1.82, 2.24) is 5.32 Å². The largest absolute Gasteiger partial charge is 0.322 e. The molecule has 0 aromatic heterocycles. The average Bonchev–Trinajstić information content (AvgIpc) is 2.56. The standard InChI is InChI=1S/C17H17F3N2O/c1-10(12-6-4-3-5-7-12)21-11(2)17(23)22-14-9-8-13(18)15(19)16(14)20/h3-11,21H,1-2H3,(H,22,23)/t10-,11+/m1/s1. The molecule has 0 aliphatic heterocycles. The molecule has 0 heterocycles. The van der Waals surface area contributed by atoms with E-state index < -0.39 is 35.1 Å². The molecule has 122 valence electrons. The number of carbonyl (C=O) groups is 1. The summed E-state index contributed by atoms with van der Waals surface area (Å²) in [5.74, 6) is -4.87. The zero-order valence-electron chi connectivity index (χ0n) is 12.7. The highest BCUT2D eigenvalue weighted by Crippen LogP contribution is 2.20. The Morgan fingerprint density at radius 3 is 2.26 bits per heavy atom. The first kappa shape index (κ1) is 17.0. The minimum atomic E-state index is -1.61. The molecule has 0 aliphatic carbocycles. The minimum Gasteiger partial charge on any atom is -0.322 e. The highest BCUT2D eigenvalue weighted by Gasteiger charge is 2.20. The van der Waals surface area contributed by atoms with E-state index in [9.17, 15) is 18.0 Å². The molecule has 6 heteroatoms. The SMILES string of the molecule is C[C@H](N[C@H](C)c1ccccc1)C(=O)Nc1ccc(F)c(F)c1F. The van der Waals surface area contributed by atoms with Gasteiger partial charge in [0.1, 0.15) is 0 Å². The van der Waals surface area contributed by atoms with Gasteiger partial charge in [-0.15, -0.1) is 0 Å². The van der Waals surface area contributed by atoms with E-state index in [0.717, 1.165) is 17.7 Å². The van der Waals surface area contributed by atoms with E-state index in [1.807, 2.05) is 37.3 Å². The Balaban J connectivity index is 2.02. The van der Waals surface area contributed by atoms with E-state index in [1.165, 1.54) is 0 Å². The first-order chi connectivity index (χ1) is 10.9. The zero-order chi connectivity index (χ0) is 17.0. The highest BCUT2D eigenvalue weighted by molar-refractivity contribution is 5.94. The fraction of sp³-hybridized carbons (Fsp3) is 0.235. The van der Waals surface area contributed by atoms with E-state index in [2.05, 4.69) is 10.6 Å². The lowest BCUT2D eigenvalue weighted by Gasteiger charge is -2.20. The fourth-order valence-corrected chi connectivity index (χ4v) is 2.15. The van der Waals surface area contributed by atoms with Crippen molar-refractivity contribution in [2.75, 3.05) is 5.32 Å². The van der Waals surface area contributed by atoms with Crippen LogP contribution in [0.1, 0.15) is 25.5 Å². The van der Waals surface area contributed by atoms with Crippen LogP contribution in [0.2, 0.25) is 0 Å². The van der Waals surface area contributed by atoms with Gasteiger partial charge in [0, 0.05) is 6.04 Å². The number of nitrogens with one attached hydrogen (secondary N) is 2. The lowest BCUT2D eigenvalue weighted by molar-refractivity contribution is -0.118. The Hall–Kier alpha value is -2.34. The number of hydrogen-bond donors (Lipinski definition) is 2. The van der Waals surface area contributed by atoms with Crippen LogP contribution >= 0.6 is 0 Å². The molecule has 0 unspecified atom stereocenters. The van der Waals surface area contributed by atoms with Gasteiger partial charge in [-0.2, -0.15) is 0 Å². The molecule has 2 N–H and O–H groups in total. The molecule has 23 heavy (non-hydrogen) atoms. The Bertz CT molecular complexity index is 692. The average molecular weight is 322 g/mol. The maximum atomic E-state index is 13.6. The van der Waals surface area contributed by atoms with E-state index in [4.69, 9.17) is 0 Å². The van der Waals surface area contributed by atoms with Crippen LogP contribution in [-0.2, 0) is 4.79 Å². The Morgan fingerprint density at radius 2 is 1.61 bits per heavy atom. The highest BCUT2D eigenvalue weighted by atomic mass is 19.2. The summed E-state index contributed by atoms with van der Waals surface area (Å²) >= 11 is 0. The minimum absolute atomic E-state index is 0.105. The van der Waals surface area contributed by atoms with Gasteiger partial charge in [-0.1, -0.05) is 30.3 Å². The van der Waals surface area contributed by atoms with Gasteiger partial charge in [-0.05, 0) is 31.5 Å².